The summed E-state index contributed by atoms with van der Waals surface area (Å²) in [5, 5.41) is 5.94. The van der Waals surface area contributed by atoms with E-state index in [-0.39, 0.29) is 29.3 Å². The highest BCUT2D eigenvalue weighted by atomic mass is 16.2. The third-order valence-electron chi connectivity index (χ3n) is 6.33. The average molecular weight is 390 g/mol. The van der Waals surface area contributed by atoms with Crippen molar-refractivity contribution in [2.45, 2.75) is 85.4 Å². The second-order valence-electron chi connectivity index (χ2n) is 9.51. The Morgan fingerprint density at radius 1 is 1.25 bits per heavy atom. The molecule has 1 saturated heterocycles. The lowest BCUT2D eigenvalue weighted by molar-refractivity contribution is -0.140. The zero-order valence-electron chi connectivity index (χ0n) is 18.8. The summed E-state index contributed by atoms with van der Waals surface area (Å²) in [6.07, 6.45) is 8.93. The molecule has 0 saturated carbocycles. The van der Waals surface area contributed by atoms with Gasteiger partial charge < -0.3 is 15.5 Å². The number of rotatable bonds is 6. The van der Waals surface area contributed by atoms with Crippen molar-refractivity contribution in [3.05, 3.63) is 23.3 Å². The van der Waals surface area contributed by atoms with Crippen molar-refractivity contribution in [2.24, 2.45) is 11.3 Å². The largest absolute Gasteiger partial charge is 0.342 e. The first-order chi connectivity index (χ1) is 13.1. The molecule has 2 aliphatic rings. The minimum atomic E-state index is -0.524. The number of amides is 2. The summed E-state index contributed by atoms with van der Waals surface area (Å²) >= 11 is 0. The Morgan fingerprint density at radius 3 is 2.43 bits per heavy atom. The average Bonchev–Trinajstić information content (AvgIpc) is 3.05. The van der Waals surface area contributed by atoms with Gasteiger partial charge in [-0.15, -0.1) is 0 Å². The molecule has 5 heteroatoms. The summed E-state index contributed by atoms with van der Waals surface area (Å²) < 4.78 is 0. The standard InChI is InChI=1S/C23H39N3O2/c1-8-17-9-11-18(12-10-17)19-13-15(2)26(14-19)22(28)20(23(4,5)6)25-21(27)16(3)24-7/h9,11,15-16,19-20,24H,8,10,12-14H2,1-7H3,(H,25,27). The minimum Gasteiger partial charge on any atom is -0.342 e. The van der Waals surface area contributed by atoms with E-state index in [4.69, 9.17) is 0 Å². The predicted molar refractivity (Wildman–Crippen MR) is 115 cm³/mol. The van der Waals surface area contributed by atoms with Crippen LogP contribution in [0.25, 0.3) is 0 Å². The summed E-state index contributed by atoms with van der Waals surface area (Å²) in [6, 6.07) is -0.657. The Balaban J connectivity index is 2.13. The van der Waals surface area contributed by atoms with Gasteiger partial charge in [-0.1, -0.05) is 51.0 Å². The van der Waals surface area contributed by atoms with E-state index in [1.807, 2.05) is 32.6 Å². The van der Waals surface area contributed by atoms with E-state index < -0.39 is 6.04 Å². The highest BCUT2D eigenvalue weighted by molar-refractivity contribution is 5.90. The molecule has 2 amide bonds. The van der Waals surface area contributed by atoms with Crippen LogP contribution >= 0.6 is 0 Å². The fourth-order valence-electron chi connectivity index (χ4n) is 4.15. The lowest BCUT2D eigenvalue weighted by atomic mass is 9.85. The van der Waals surface area contributed by atoms with Crippen LogP contribution in [0.1, 0.15) is 67.2 Å². The van der Waals surface area contributed by atoms with Crippen LogP contribution in [0.5, 0.6) is 0 Å². The molecule has 1 heterocycles. The van der Waals surface area contributed by atoms with Crippen LogP contribution in [-0.2, 0) is 9.59 Å². The Kier molecular flexibility index (Phi) is 7.49. The third-order valence-corrected chi connectivity index (χ3v) is 6.33. The minimum absolute atomic E-state index is 0.0420. The second-order valence-corrected chi connectivity index (χ2v) is 9.51. The number of carbonyl (C=O) groups is 2. The van der Waals surface area contributed by atoms with Crippen LogP contribution in [0.4, 0.5) is 0 Å². The van der Waals surface area contributed by atoms with Crippen molar-refractivity contribution < 1.29 is 9.59 Å². The van der Waals surface area contributed by atoms with Gasteiger partial charge in [-0.25, -0.2) is 0 Å². The molecule has 2 rings (SSSR count). The van der Waals surface area contributed by atoms with E-state index in [9.17, 15) is 9.59 Å². The van der Waals surface area contributed by atoms with E-state index in [0.717, 1.165) is 32.2 Å². The number of hydrogen-bond acceptors (Lipinski definition) is 3. The number of likely N-dealkylation sites (N-methyl/N-ethyl adjacent to an activating group) is 1. The maximum absolute atomic E-state index is 13.4. The fraction of sp³-hybridized carbons (Fsp3) is 0.739. The van der Waals surface area contributed by atoms with Gasteiger partial charge in [0.05, 0.1) is 6.04 Å². The van der Waals surface area contributed by atoms with Crippen molar-refractivity contribution in [3.8, 4) is 0 Å². The van der Waals surface area contributed by atoms with Gasteiger partial charge in [-0.05, 0) is 57.9 Å². The van der Waals surface area contributed by atoms with Gasteiger partial charge in [0.25, 0.3) is 0 Å². The van der Waals surface area contributed by atoms with Gasteiger partial charge in [-0.3, -0.25) is 9.59 Å². The molecule has 0 aromatic rings. The molecule has 4 unspecified atom stereocenters. The Labute approximate surface area is 171 Å². The summed E-state index contributed by atoms with van der Waals surface area (Å²) in [4.78, 5) is 27.9. The first-order valence-electron chi connectivity index (χ1n) is 10.7. The number of carbonyl (C=O) groups excluding carboxylic acids is 2. The van der Waals surface area contributed by atoms with Gasteiger partial charge in [-0.2, -0.15) is 0 Å². The first kappa shape index (κ1) is 22.7. The van der Waals surface area contributed by atoms with Gasteiger partial charge in [0, 0.05) is 12.6 Å². The second kappa shape index (κ2) is 9.25. The van der Waals surface area contributed by atoms with E-state index in [0.29, 0.717) is 5.92 Å². The number of allylic oxidation sites excluding steroid dienone is 3. The van der Waals surface area contributed by atoms with E-state index >= 15 is 0 Å². The predicted octanol–water partition coefficient (Wildman–Crippen LogP) is 3.42. The molecule has 158 valence electrons. The van der Waals surface area contributed by atoms with Crippen LogP contribution in [0, 0.1) is 11.3 Å². The van der Waals surface area contributed by atoms with Gasteiger partial charge in [0.1, 0.15) is 6.04 Å². The molecular formula is C23H39N3O2. The summed E-state index contributed by atoms with van der Waals surface area (Å²) in [5.74, 6) is 0.341. The van der Waals surface area contributed by atoms with Crippen molar-refractivity contribution in [3.63, 3.8) is 0 Å². The summed E-state index contributed by atoms with van der Waals surface area (Å²) in [7, 11) is 1.75. The highest BCUT2D eigenvalue weighted by Crippen LogP contribution is 2.35. The third kappa shape index (κ3) is 5.25. The zero-order chi connectivity index (χ0) is 21.1. The van der Waals surface area contributed by atoms with Crippen molar-refractivity contribution in [2.75, 3.05) is 13.6 Å². The van der Waals surface area contributed by atoms with Crippen LogP contribution in [0.3, 0.4) is 0 Å². The van der Waals surface area contributed by atoms with E-state index in [1.165, 1.54) is 11.1 Å². The Morgan fingerprint density at radius 2 is 1.93 bits per heavy atom. The molecule has 2 N–H and O–H groups in total. The molecular weight excluding hydrogens is 350 g/mol. The fourth-order valence-corrected chi connectivity index (χ4v) is 4.15. The number of hydrogen-bond donors (Lipinski definition) is 2. The maximum atomic E-state index is 13.4. The molecule has 0 radical (unpaired) electrons. The molecule has 0 aromatic heterocycles. The number of nitrogens with zero attached hydrogens (tertiary/aromatic N) is 1. The summed E-state index contributed by atoms with van der Waals surface area (Å²) in [6.45, 7) is 12.9. The Hall–Kier alpha value is -1.62. The van der Waals surface area contributed by atoms with Crippen molar-refractivity contribution in [1.82, 2.24) is 15.5 Å². The van der Waals surface area contributed by atoms with Gasteiger partial charge >= 0.3 is 0 Å². The molecule has 1 aliphatic carbocycles. The molecule has 1 fully saturated rings. The zero-order valence-corrected chi connectivity index (χ0v) is 18.8. The molecule has 5 nitrogen and oxygen atoms in total. The van der Waals surface area contributed by atoms with Gasteiger partial charge in [0.2, 0.25) is 11.8 Å². The summed E-state index contributed by atoms with van der Waals surface area (Å²) in [5.41, 5.74) is 2.64. The van der Waals surface area contributed by atoms with E-state index in [1.54, 1.807) is 7.05 Å². The molecule has 0 spiro atoms. The molecule has 28 heavy (non-hydrogen) atoms. The number of likely N-dealkylation sites (tertiary alicyclic amines) is 1. The molecule has 0 aromatic carbocycles. The SMILES string of the molecule is CCC1=CC=C(C2CC(C)N(C(=O)C(NC(=O)C(C)NC)C(C)(C)C)C2)CC1. The van der Waals surface area contributed by atoms with Crippen LogP contribution < -0.4 is 10.6 Å². The monoisotopic (exact) mass is 389 g/mol. The smallest absolute Gasteiger partial charge is 0.245 e. The lowest BCUT2D eigenvalue weighted by Gasteiger charge is -2.35. The van der Waals surface area contributed by atoms with Crippen LogP contribution in [0.15, 0.2) is 23.3 Å². The molecule has 1 aliphatic heterocycles. The van der Waals surface area contributed by atoms with Crippen molar-refractivity contribution >= 4 is 11.8 Å². The van der Waals surface area contributed by atoms with Gasteiger partial charge in [0.15, 0.2) is 0 Å². The Bertz CT molecular complexity index is 645. The van der Waals surface area contributed by atoms with Crippen LogP contribution in [0.2, 0.25) is 0 Å². The number of nitrogens with one attached hydrogen (secondary N) is 2. The quantitative estimate of drug-likeness (QED) is 0.732. The lowest BCUT2D eigenvalue weighted by Crippen LogP contribution is -2.58. The van der Waals surface area contributed by atoms with E-state index in [2.05, 4.69) is 36.6 Å². The molecule has 4 atom stereocenters. The topological polar surface area (TPSA) is 61.4 Å². The maximum Gasteiger partial charge on any atom is 0.245 e. The van der Waals surface area contributed by atoms with Crippen LogP contribution in [-0.4, -0.2) is 48.4 Å². The first-order valence-corrected chi connectivity index (χ1v) is 10.7. The van der Waals surface area contributed by atoms with Crippen molar-refractivity contribution in [1.29, 1.82) is 0 Å². The normalized spacial score (nSPS) is 25.0. The highest BCUT2D eigenvalue weighted by Gasteiger charge is 2.41. The molecule has 0 bridgehead atoms.